The second-order valence-electron chi connectivity index (χ2n) is 7.60. The summed E-state index contributed by atoms with van der Waals surface area (Å²) in [5.74, 6) is 1.63. The van der Waals surface area contributed by atoms with E-state index < -0.39 is 0 Å². The fourth-order valence-electron chi connectivity index (χ4n) is 3.83. The molecule has 2 amide bonds. The Kier molecular flexibility index (Phi) is 5.39. The van der Waals surface area contributed by atoms with E-state index in [0.717, 1.165) is 0 Å². The smallest absolute Gasteiger partial charge is 0.228 e. The number of carbonyl (C=O) groups excluding carboxylic acids is 2. The largest absolute Gasteiger partial charge is 0.449 e. The number of hydrogen-bond donors (Lipinski definition) is 0. The molecule has 2 aromatic carbocycles. The average Bonchev–Trinajstić information content (AvgIpc) is 2.84. The summed E-state index contributed by atoms with van der Waals surface area (Å²) in [5, 5.41) is 0. The van der Waals surface area contributed by atoms with Crippen LogP contribution in [0.2, 0.25) is 0 Å². The van der Waals surface area contributed by atoms with Gasteiger partial charge in [-0.25, -0.2) is 0 Å². The zero-order chi connectivity index (χ0) is 23.7. The van der Waals surface area contributed by atoms with Crippen molar-refractivity contribution in [2.75, 3.05) is 9.80 Å². The summed E-state index contributed by atoms with van der Waals surface area (Å²) < 4.78 is 12.2. The summed E-state index contributed by atoms with van der Waals surface area (Å²) >= 11 is 0. The molecule has 5 rings (SSSR count). The number of amides is 2. The number of fused-ring (bicyclic) bond motifs is 2. The minimum absolute atomic E-state index is 0.158. The molecule has 0 saturated heterocycles. The summed E-state index contributed by atoms with van der Waals surface area (Å²) in [5.41, 5.74) is 2.55. The molecule has 8 nitrogen and oxygen atoms in total. The quantitative estimate of drug-likeness (QED) is 0.345. The first-order chi connectivity index (χ1) is 16.5. The van der Waals surface area contributed by atoms with Crippen molar-refractivity contribution < 1.29 is 19.1 Å². The van der Waals surface area contributed by atoms with Gasteiger partial charge in [-0.05, 0) is 48.5 Å². The van der Waals surface area contributed by atoms with Crippen LogP contribution in [0.3, 0.4) is 0 Å². The summed E-state index contributed by atoms with van der Waals surface area (Å²) in [6, 6.07) is 17.7. The van der Waals surface area contributed by atoms with E-state index >= 15 is 0 Å². The highest BCUT2D eigenvalue weighted by molar-refractivity contribution is 6.00. The van der Waals surface area contributed by atoms with Gasteiger partial charge in [0, 0.05) is 38.4 Å². The molecule has 0 spiro atoms. The Labute approximate surface area is 196 Å². The first-order valence-electron chi connectivity index (χ1n) is 10.6. The number of carbonyl (C=O) groups is 2. The van der Waals surface area contributed by atoms with Crippen molar-refractivity contribution in [3.63, 3.8) is 0 Å². The lowest BCUT2D eigenvalue weighted by molar-refractivity contribution is -0.116. The fraction of sp³-hybridized carbons (Fsp3) is 0.0769. The Morgan fingerprint density at radius 3 is 1.41 bits per heavy atom. The Hall–Kier alpha value is -4.72. The number of rotatable bonds is 4. The molecule has 8 heteroatoms. The van der Waals surface area contributed by atoms with Crippen molar-refractivity contribution >= 4 is 34.6 Å². The van der Waals surface area contributed by atoms with Crippen LogP contribution in [-0.2, 0) is 9.59 Å². The third-order valence-electron chi connectivity index (χ3n) is 5.25. The van der Waals surface area contributed by atoms with Gasteiger partial charge in [0.15, 0.2) is 23.0 Å². The van der Waals surface area contributed by atoms with Crippen LogP contribution >= 0.6 is 0 Å². The molecule has 34 heavy (non-hydrogen) atoms. The van der Waals surface area contributed by atoms with Crippen molar-refractivity contribution in [1.82, 2.24) is 9.97 Å². The van der Waals surface area contributed by atoms with Crippen molar-refractivity contribution in [3.05, 3.63) is 85.5 Å². The van der Waals surface area contributed by atoms with Crippen LogP contribution in [0.4, 0.5) is 22.7 Å². The Morgan fingerprint density at radius 2 is 1.06 bits per heavy atom. The van der Waals surface area contributed by atoms with E-state index in [1.54, 1.807) is 83.1 Å². The normalized spacial score (nSPS) is 11.4. The summed E-state index contributed by atoms with van der Waals surface area (Å²) in [6.07, 6.45) is 6.55. The summed E-state index contributed by atoms with van der Waals surface area (Å²) in [4.78, 5) is 36.1. The third kappa shape index (κ3) is 3.93. The van der Waals surface area contributed by atoms with Gasteiger partial charge < -0.3 is 9.47 Å². The first-order valence-corrected chi connectivity index (χ1v) is 10.6. The van der Waals surface area contributed by atoms with Gasteiger partial charge in [0.2, 0.25) is 11.8 Å². The lowest BCUT2D eigenvalue weighted by Crippen LogP contribution is -2.23. The molecule has 0 N–H and O–H groups in total. The number of hydrogen-bond acceptors (Lipinski definition) is 6. The summed E-state index contributed by atoms with van der Waals surface area (Å²) in [6.45, 7) is 2.98. The fourth-order valence-corrected chi connectivity index (χ4v) is 3.83. The van der Waals surface area contributed by atoms with Gasteiger partial charge in [-0.2, -0.15) is 0 Å². The van der Waals surface area contributed by atoms with E-state index in [0.29, 0.717) is 45.7 Å². The van der Waals surface area contributed by atoms with Gasteiger partial charge in [0.05, 0.1) is 35.1 Å². The maximum absolute atomic E-state index is 12.4. The standard InChI is InChI=1S/C26H20N4O4/c1-17(31)29(21-5-3-11-27-15-21)19-7-9-23-25(13-19)33-24-10-8-20(14-26(24)34-23)30(18(2)32)22-6-4-12-28-16-22/h3-16H,1-2H3. The van der Waals surface area contributed by atoms with Crippen LogP contribution in [0.25, 0.3) is 0 Å². The maximum atomic E-state index is 12.4. The molecule has 168 valence electrons. The lowest BCUT2D eigenvalue weighted by Gasteiger charge is -2.26. The minimum atomic E-state index is -0.158. The third-order valence-corrected chi connectivity index (χ3v) is 5.25. The van der Waals surface area contributed by atoms with Crippen molar-refractivity contribution in [1.29, 1.82) is 0 Å². The van der Waals surface area contributed by atoms with Gasteiger partial charge in [0.1, 0.15) is 0 Å². The molecule has 3 heterocycles. The predicted molar refractivity (Wildman–Crippen MR) is 127 cm³/mol. The molecule has 0 atom stereocenters. The molecule has 0 radical (unpaired) electrons. The summed E-state index contributed by atoms with van der Waals surface area (Å²) in [7, 11) is 0. The van der Waals surface area contributed by atoms with Gasteiger partial charge >= 0.3 is 0 Å². The van der Waals surface area contributed by atoms with Crippen LogP contribution < -0.4 is 19.3 Å². The Morgan fingerprint density at radius 1 is 0.618 bits per heavy atom. The predicted octanol–water partition coefficient (Wildman–Crippen LogP) is 5.74. The van der Waals surface area contributed by atoms with Crippen LogP contribution in [0.1, 0.15) is 13.8 Å². The molecule has 0 aliphatic carbocycles. The molecule has 0 fully saturated rings. The molecule has 1 aliphatic heterocycles. The van der Waals surface area contributed by atoms with E-state index in [9.17, 15) is 9.59 Å². The molecule has 0 unspecified atom stereocenters. The van der Waals surface area contributed by atoms with Crippen molar-refractivity contribution in [2.24, 2.45) is 0 Å². The van der Waals surface area contributed by atoms with Crippen molar-refractivity contribution in [3.8, 4) is 23.0 Å². The Bertz CT molecular complexity index is 1270. The van der Waals surface area contributed by atoms with E-state index in [1.807, 2.05) is 12.1 Å². The molecule has 4 aromatic rings. The number of pyridine rings is 2. The van der Waals surface area contributed by atoms with Crippen LogP contribution in [0, 0.1) is 0 Å². The van der Waals surface area contributed by atoms with Gasteiger partial charge in [-0.3, -0.25) is 29.4 Å². The highest BCUT2D eigenvalue weighted by Crippen LogP contribution is 2.48. The molecule has 1 aliphatic rings. The van der Waals surface area contributed by atoms with Gasteiger partial charge in [0.25, 0.3) is 0 Å². The SMILES string of the molecule is CC(=O)N(c1cccnc1)c1ccc2c(c1)Oc1ccc(N(C(C)=O)c3cccnc3)cc1O2. The number of aromatic nitrogens is 2. The molecule has 0 bridgehead atoms. The highest BCUT2D eigenvalue weighted by Gasteiger charge is 2.24. The second kappa shape index (κ2) is 8.67. The Balaban J connectivity index is 1.47. The van der Waals surface area contributed by atoms with Gasteiger partial charge in [-0.1, -0.05) is 0 Å². The van der Waals surface area contributed by atoms with E-state index in [4.69, 9.17) is 9.47 Å². The van der Waals surface area contributed by atoms with Crippen molar-refractivity contribution in [2.45, 2.75) is 13.8 Å². The topological polar surface area (TPSA) is 84.9 Å². The molecular formula is C26H20N4O4. The van der Waals surface area contributed by atoms with Crippen LogP contribution in [-0.4, -0.2) is 21.8 Å². The highest BCUT2D eigenvalue weighted by atomic mass is 16.6. The zero-order valence-corrected chi connectivity index (χ0v) is 18.5. The number of benzene rings is 2. The first kappa shape index (κ1) is 21.1. The van der Waals surface area contributed by atoms with E-state index in [2.05, 4.69) is 9.97 Å². The monoisotopic (exact) mass is 452 g/mol. The number of nitrogens with zero attached hydrogens (tertiary/aromatic N) is 4. The average molecular weight is 452 g/mol. The van der Waals surface area contributed by atoms with Gasteiger partial charge in [-0.15, -0.1) is 0 Å². The second-order valence-corrected chi connectivity index (χ2v) is 7.60. The molecule has 0 saturated carbocycles. The van der Waals surface area contributed by atoms with E-state index in [-0.39, 0.29) is 11.8 Å². The van der Waals surface area contributed by atoms with Crippen LogP contribution in [0.5, 0.6) is 23.0 Å². The van der Waals surface area contributed by atoms with E-state index in [1.165, 1.54) is 13.8 Å². The number of ether oxygens (including phenoxy) is 2. The van der Waals surface area contributed by atoms with Crippen LogP contribution in [0.15, 0.2) is 85.5 Å². The number of anilines is 4. The maximum Gasteiger partial charge on any atom is 0.228 e. The molecule has 2 aromatic heterocycles. The lowest BCUT2D eigenvalue weighted by atomic mass is 10.2. The minimum Gasteiger partial charge on any atom is -0.449 e. The zero-order valence-electron chi connectivity index (χ0n) is 18.5. The molecular weight excluding hydrogens is 432 g/mol.